The molecule has 11 nitrogen and oxygen atoms in total. The van der Waals surface area contributed by atoms with E-state index < -0.39 is 0 Å². The van der Waals surface area contributed by atoms with Crippen molar-refractivity contribution in [2.75, 3.05) is 42.1 Å². The van der Waals surface area contributed by atoms with Crippen molar-refractivity contribution in [3.05, 3.63) is 34.1 Å². The van der Waals surface area contributed by atoms with Gasteiger partial charge in [-0.3, -0.25) is 14.5 Å². The lowest BCUT2D eigenvalue weighted by molar-refractivity contribution is 0.251. The smallest absolute Gasteiger partial charge is 0.330 e. The summed E-state index contributed by atoms with van der Waals surface area (Å²) in [6.07, 6.45) is 3.18. The Morgan fingerprint density at radius 1 is 1.09 bits per heavy atom. The molecule has 0 radical (unpaired) electrons. The molecule has 182 valence electrons. The van der Waals surface area contributed by atoms with Crippen LogP contribution in [-0.4, -0.2) is 47.0 Å². The molecule has 0 fully saturated rings. The number of nitrogens with zero attached hydrogens (tertiary/aromatic N) is 6. The quantitative estimate of drug-likeness (QED) is 0.517. The number of nitrogens with two attached hydrogens (primary N) is 1. The molecular formula is C21H26Cl2N8O3. The standard InChI is InChI=1S/C19H20Cl2N8O3.C2H6/c1-27-17-9(6-23-18(26-17)25-10-7-24-28(2)16(10)22)8-29(19(27)30)15-13(20)11(31-3)5-12(32-4)14(15)21;1-2/h5-7H,8,22H2,1-4H3,(H,23,25,26);1-2H3. The number of hydrogen-bond acceptors (Lipinski definition) is 8. The fourth-order valence-electron chi connectivity index (χ4n) is 3.32. The normalized spacial score (nSPS) is 12.6. The van der Waals surface area contributed by atoms with E-state index in [1.807, 2.05) is 13.8 Å². The summed E-state index contributed by atoms with van der Waals surface area (Å²) in [6.45, 7) is 4.14. The Morgan fingerprint density at radius 2 is 1.71 bits per heavy atom. The van der Waals surface area contributed by atoms with Gasteiger partial charge in [0, 0.05) is 31.9 Å². The molecule has 1 aliphatic heterocycles. The Morgan fingerprint density at radius 3 is 2.24 bits per heavy atom. The van der Waals surface area contributed by atoms with Gasteiger partial charge in [0.2, 0.25) is 5.95 Å². The highest BCUT2D eigenvalue weighted by atomic mass is 35.5. The molecule has 0 atom stereocenters. The number of fused-ring (bicyclic) bond motifs is 1. The second-order valence-electron chi connectivity index (χ2n) is 6.92. The highest BCUT2D eigenvalue weighted by Gasteiger charge is 2.35. The first-order valence-electron chi connectivity index (χ1n) is 10.3. The van der Waals surface area contributed by atoms with Crippen molar-refractivity contribution in [1.29, 1.82) is 0 Å². The molecule has 0 saturated heterocycles. The van der Waals surface area contributed by atoms with Gasteiger partial charge < -0.3 is 20.5 Å². The maximum Gasteiger partial charge on any atom is 0.330 e. The average Bonchev–Trinajstić information content (AvgIpc) is 3.16. The number of carbonyl (C=O) groups is 1. The summed E-state index contributed by atoms with van der Waals surface area (Å²) in [7, 11) is 6.26. The van der Waals surface area contributed by atoms with Crippen LogP contribution in [0.15, 0.2) is 18.5 Å². The number of aryl methyl sites for hydroxylation is 1. The number of aromatic nitrogens is 4. The Bertz CT molecular complexity index is 1190. The van der Waals surface area contributed by atoms with Crippen molar-refractivity contribution in [2.45, 2.75) is 20.4 Å². The Kier molecular flexibility index (Phi) is 7.57. The number of hydrogen-bond donors (Lipinski definition) is 2. The van der Waals surface area contributed by atoms with Gasteiger partial charge in [-0.25, -0.2) is 9.78 Å². The average molecular weight is 509 g/mol. The zero-order chi connectivity index (χ0) is 25.2. The van der Waals surface area contributed by atoms with Crippen LogP contribution in [-0.2, 0) is 13.6 Å². The Hall–Kier alpha value is -3.44. The van der Waals surface area contributed by atoms with Gasteiger partial charge in [-0.05, 0) is 0 Å². The first-order chi connectivity index (χ1) is 16.3. The van der Waals surface area contributed by atoms with E-state index in [1.54, 1.807) is 32.6 Å². The topological polar surface area (TPSA) is 124 Å². The lowest BCUT2D eigenvalue weighted by Crippen LogP contribution is -2.46. The number of amides is 2. The number of nitrogen functional groups attached to an aromatic ring is 1. The number of rotatable bonds is 5. The van der Waals surface area contributed by atoms with Crippen molar-refractivity contribution in [1.82, 2.24) is 19.7 Å². The van der Waals surface area contributed by atoms with Crippen molar-refractivity contribution in [2.24, 2.45) is 7.05 Å². The van der Waals surface area contributed by atoms with E-state index in [0.717, 1.165) is 0 Å². The first kappa shape index (κ1) is 25.2. The molecular weight excluding hydrogens is 483 g/mol. The maximum absolute atomic E-state index is 13.3. The number of nitrogens with one attached hydrogen (secondary N) is 1. The number of anilines is 5. The first-order valence-corrected chi connectivity index (χ1v) is 11.1. The zero-order valence-electron chi connectivity index (χ0n) is 19.7. The minimum absolute atomic E-state index is 0.142. The van der Waals surface area contributed by atoms with E-state index in [1.165, 1.54) is 28.7 Å². The SMILES string of the molecule is CC.COc1cc(OC)c(Cl)c(N2Cc3cnc(Nc4cnn(C)c4N)nc3N(C)C2=O)c1Cl. The highest BCUT2D eigenvalue weighted by Crippen LogP contribution is 2.47. The van der Waals surface area contributed by atoms with Crippen molar-refractivity contribution >= 4 is 58.2 Å². The van der Waals surface area contributed by atoms with Gasteiger partial charge in [-0.2, -0.15) is 10.1 Å². The number of carbonyl (C=O) groups excluding carboxylic acids is 1. The molecule has 3 aromatic rings. The molecule has 3 N–H and O–H groups in total. The molecule has 1 aliphatic rings. The summed E-state index contributed by atoms with van der Waals surface area (Å²) in [5.41, 5.74) is 7.48. The zero-order valence-corrected chi connectivity index (χ0v) is 21.2. The molecule has 34 heavy (non-hydrogen) atoms. The summed E-state index contributed by atoms with van der Waals surface area (Å²) in [5, 5.41) is 7.46. The predicted octanol–water partition coefficient (Wildman–Crippen LogP) is 4.46. The van der Waals surface area contributed by atoms with Crippen LogP contribution in [0.1, 0.15) is 19.4 Å². The van der Waals surface area contributed by atoms with E-state index in [2.05, 4.69) is 20.4 Å². The monoisotopic (exact) mass is 508 g/mol. The summed E-state index contributed by atoms with van der Waals surface area (Å²) < 4.78 is 12.2. The van der Waals surface area contributed by atoms with Gasteiger partial charge in [0.25, 0.3) is 0 Å². The summed E-state index contributed by atoms with van der Waals surface area (Å²) in [5.74, 6) is 1.80. The van der Waals surface area contributed by atoms with Crippen LogP contribution >= 0.6 is 23.2 Å². The molecule has 3 heterocycles. The van der Waals surface area contributed by atoms with Crippen LogP contribution in [0.2, 0.25) is 10.0 Å². The van der Waals surface area contributed by atoms with Crippen molar-refractivity contribution < 1.29 is 14.3 Å². The molecule has 0 saturated carbocycles. The van der Waals surface area contributed by atoms with Crippen LogP contribution in [0, 0.1) is 0 Å². The Balaban J connectivity index is 0.00000158. The van der Waals surface area contributed by atoms with Gasteiger partial charge in [0.1, 0.15) is 38.9 Å². The molecule has 0 aliphatic carbocycles. The summed E-state index contributed by atoms with van der Waals surface area (Å²) in [4.78, 5) is 24.9. The minimum Gasteiger partial charge on any atom is -0.495 e. The fraction of sp³-hybridized carbons (Fsp3) is 0.333. The lowest BCUT2D eigenvalue weighted by atomic mass is 10.2. The van der Waals surface area contributed by atoms with Crippen molar-refractivity contribution in [3.63, 3.8) is 0 Å². The molecule has 0 unspecified atom stereocenters. The number of methoxy groups -OCH3 is 2. The van der Waals surface area contributed by atoms with Crippen LogP contribution in [0.4, 0.5) is 33.8 Å². The predicted molar refractivity (Wildman–Crippen MR) is 134 cm³/mol. The molecule has 13 heteroatoms. The fourth-order valence-corrected chi connectivity index (χ4v) is 4.02. The molecule has 2 amide bonds. The molecule has 2 aromatic heterocycles. The van der Waals surface area contributed by atoms with Crippen LogP contribution in [0.5, 0.6) is 11.5 Å². The largest absolute Gasteiger partial charge is 0.495 e. The number of benzene rings is 1. The van der Waals surface area contributed by atoms with Gasteiger partial charge in [0.05, 0.1) is 32.6 Å². The Labute approximate surface area is 207 Å². The summed E-state index contributed by atoms with van der Waals surface area (Å²) in [6, 6.07) is 1.17. The molecule has 1 aromatic carbocycles. The van der Waals surface area contributed by atoms with E-state index in [9.17, 15) is 4.79 Å². The second-order valence-corrected chi connectivity index (χ2v) is 7.68. The van der Waals surface area contributed by atoms with Gasteiger partial charge >= 0.3 is 6.03 Å². The number of ether oxygens (including phenoxy) is 2. The third-order valence-electron chi connectivity index (χ3n) is 5.06. The lowest BCUT2D eigenvalue weighted by Gasteiger charge is -2.35. The summed E-state index contributed by atoms with van der Waals surface area (Å²) >= 11 is 13.0. The van der Waals surface area contributed by atoms with Crippen molar-refractivity contribution in [3.8, 4) is 11.5 Å². The molecule has 0 spiro atoms. The van der Waals surface area contributed by atoms with Gasteiger partial charge in [0.15, 0.2) is 0 Å². The highest BCUT2D eigenvalue weighted by molar-refractivity contribution is 6.42. The maximum atomic E-state index is 13.3. The van der Waals surface area contributed by atoms with E-state index >= 15 is 0 Å². The third kappa shape index (κ3) is 4.36. The van der Waals surface area contributed by atoms with Gasteiger partial charge in [-0.15, -0.1) is 0 Å². The molecule has 0 bridgehead atoms. The number of halogens is 2. The second kappa shape index (κ2) is 10.2. The molecule has 4 rings (SSSR count). The van der Waals surface area contributed by atoms with Crippen LogP contribution in [0.25, 0.3) is 0 Å². The van der Waals surface area contributed by atoms with E-state index in [4.69, 9.17) is 38.4 Å². The third-order valence-corrected chi connectivity index (χ3v) is 5.79. The van der Waals surface area contributed by atoms with Gasteiger partial charge in [-0.1, -0.05) is 37.0 Å². The number of urea groups is 1. The van der Waals surface area contributed by atoms with E-state index in [0.29, 0.717) is 34.4 Å². The van der Waals surface area contributed by atoms with Crippen LogP contribution < -0.4 is 30.3 Å². The van der Waals surface area contributed by atoms with Crippen LogP contribution in [0.3, 0.4) is 0 Å². The minimum atomic E-state index is -0.387. The van der Waals surface area contributed by atoms with E-state index in [-0.39, 0.29) is 34.3 Å².